The second-order valence-corrected chi connectivity index (χ2v) is 4.68. The molecule has 0 unspecified atom stereocenters. The van der Waals surface area contributed by atoms with Crippen molar-refractivity contribution >= 4 is 6.41 Å². The van der Waals surface area contributed by atoms with Crippen molar-refractivity contribution in [3.63, 3.8) is 0 Å². The highest BCUT2D eigenvalue weighted by Crippen LogP contribution is 2.12. The first kappa shape index (κ1) is 12.5. The fourth-order valence-electron chi connectivity index (χ4n) is 2.04. The fourth-order valence-corrected chi connectivity index (χ4v) is 2.04. The van der Waals surface area contributed by atoms with Crippen molar-refractivity contribution in [3.05, 3.63) is 0 Å². The van der Waals surface area contributed by atoms with Crippen molar-refractivity contribution in [1.82, 2.24) is 14.7 Å². The van der Waals surface area contributed by atoms with Gasteiger partial charge in [0.2, 0.25) is 6.41 Å². The van der Waals surface area contributed by atoms with Gasteiger partial charge in [-0.15, -0.1) is 0 Å². The van der Waals surface area contributed by atoms with Gasteiger partial charge in [0, 0.05) is 19.1 Å². The first-order valence-corrected chi connectivity index (χ1v) is 5.68. The summed E-state index contributed by atoms with van der Waals surface area (Å²) in [5, 5.41) is 0. The van der Waals surface area contributed by atoms with E-state index in [4.69, 9.17) is 0 Å². The fraction of sp³-hybridized carbons (Fsp3) is 0.909. The number of carbonyl (C=O) groups is 1. The van der Waals surface area contributed by atoms with Crippen LogP contribution in [-0.4, -0.2) is 74.5 Å². The number of amides is 1. The van der Waals surface area contributed by atoms with E-state index in [1.165, 1.54) is 6.42 Å². The topological polar surface area (TPSA) is 26.8 Å². The molecule has 1 aliphatic rings. The van der Waals surface area contributed by atoms with Crippen LogP contribution in [0.15, 0.2) is 0 Å². The number of nitrogens with zero attached hydrogens (tertiary/aromatic N) is 3. The third kappa shape index (κ3) is 4.18. The minimum Gasteiger partial charge on any atom is -0.344 e. The van der Waals surface area contributed by atoms with Gasteiger partial charge in [0.1, 0.15) is 0 Å². The van der Waals surface area contributed by atoms with Gasteiger partial charge in [-0.3, -0.25) is 4.79 Å². The summed E-state index contributed by atoms with van der Waals surface area (Å²) < 4.78 is 0. The van der Waals surface area contributed by atoms with Crippen LogP contribution in [0.1, 0.15) is 12.8 Å². The Morgan fingerprint density at radius 1 is 1.33 bits per heavy atom. The lowest BCUT2D eigenvalue weighted by atomic mass is 10.2. The van der Waals surface area contributed by atoms with Gasteiger partial charge in [-0.05, 0) is 47.1 Å². The minimum absolute atomic E-state index is 0.567. The number of carbonyl (C=O) groups excluding carboxylic acids is 1. The SMILES string of the molecule is CN(C)CCCN(C)[C@H]1CCN(C=O)C1. The zero-order valence-corrected chi connectivity index (χ0v) is 10.1. The van der Waals surface area contributed by atoms with Gasteiger partial charge in [0.05, 0.1) is 0 Å². The summed E-state index contributed by atoms with van der Waals surface area (Å²) in [5.41, 5.74) is 0. The van der Waals surface area contributed by atoms with Gasteiger partial charge in [0.15, 0.2) is 0 Å². The Morgan fingerprint density at radius 2 is 2.07 bits per heavy atom. The highest BCUT2D eigenvalue weighted by atomic mass is 16.1. The highest BCUT2D eigenvalue weighted by Gasteiger charge is 2.23. The van der Waals surface area contributed by atoms with E-state index in [1.54, 1.807) is 0 Å². The van der Waals surface area contributed by atoms with E-state index in [1.807, 2.05) is 4.90 Å². The molecule has 0 radical (unpaired) electrons. The first-order valence-electron chi connectivity index (χ1n) is 5.68. The molecule has 1 aliphatic heterocycles. The first-order chi connectivity index (χ1) is 7.13. The minimum atomic E-state index is 0.567. The van der Waals surface area contributed by atoms with Crippen molar-refractivity contribution in [1.29, 1.82) is 0 Å². The summed E-state index contributed by atoms with van der Waals surface area (Å²) in [6.07, 6.45) is 3.28. The van der Waals surface area contributed by atoms with E-state index < -0.39 is 0 Å². The van der Waals surface area contributed by atoms with E-state index in [9.17, 15) is 4.79 Å². The summed E-state index contributed by atoms with van der Waals surface area (Å²) in [4.78, 5) is 17.0. The molecule has 88 valence electrons. The van der Waals surface area contributed by atoms with Crippen LogP contribution in [-0.2, 0) is 4.79 Å². The molecular formula is C11H23N3O. The van der Waals surface area contributed by atoms with Crippen LogP contribution in [0, 0.1) is 0 Å². The number of hydrogen-bond acceptors (Lipinski definition) is 3. The van der Waals surface area contributed by atoms with Crippen molar-refractivity contribution < 1.29 is 4.79 Å². The quantitative estimate of drug-likeness (QED) is 0.586. The Hall–Kier alpha value is -0.610. The summed E-state index contributed by atoms with van der Waals surface area (Å²) in [7, 11) is 6.36. The third-order valence-electron chi connectivity index (χ3n) is 3.08. The predicted molar refractivity (Wildman–Crippen MR) is 61.8 cm³/mol. The summed E-state index contributed by atoms with van der Waals surface area (Å²) in [5.74, 6) is 0. The molecule has 1 saturated heterocycles. The largest absolute Gasteiger partial charge is 0.344 e. The van der Waals surface area contributed by atoms with E-state index >= 15 is 0 Å². The Labute approximate surface area is 92.8 Å². The molecule has 1 fully saturated rings. The zero-order valence-electron chi connectivity index (χ0n) is 10.1. The van der Waals surface area contributed by atoms with E-state index in [-0.39, 0.29) is 0 Å². The maximum atomic E-state index is 10.6. The standard InChI is InChI=1S/C11H23N3O/c1-12(2)6-4-7-13(3)11-5-8-14(9-11)10-15/h10-11H,4-9H2,1-3H3/t11-/m0/s1. The third-order valence-corrected chi connectivity index (χ3v) is 3.08. The molecule has 15 heavy (non-hydrogen) atoms. The van der Waals surface area contributed by atoms with Crippen molar-refractivity contribution in [3.8, 4) is 0 Å². The molecular weight excluding hydrogens is 190 g/mol. The molecule has 4 nitrogen and oxygen atoms in total. The number of likely N-dealkylation sites (N-methyl/N-ethyl adjacent to an activating group) is 1. The molecule has 0 aromatic rings. The molecule has 0 bridgehead atoms. The van der Waals surface area contributed by atoms with Gasteiger partial charge in [-0.2, -0.15) is 0 Å². The van der Waals surface area contributed by atoms with Crippen LogP contribution in [0.3, 0.4) is 0 Å². The summed E-state index contributed by atoms with van der Waals surface area (Å²) >= 11 is 0. The Kier molecular flexibility index (Phi) is 5.05. The Bertz CT molecular complexity index is 196. The molecule has 1 heterocycles. The van der Waals surface area contributed by atoms with E-state index in [2.05, 4.69) is 30.9 Å². The average Bonchev–Trinajstić information content (AvgIpc) is 2.65. The highest BCUT2D eigenvalue weighted by molar-refractivity contribution is 5.47. The van der Waals surface area contributed by atoms with E-state index in [0.717, 1.165) is 39.0 Å². The Balaban J connectivity index is 2.17. The molecule has 1 amide bonds. The number of likely N-dealkylation sites (tertiary alicyclic amines) is 1. The molecule has 0 aromatic carbocycles. The summed E-state index contributed by atoms with van der Waals surface area (Å²) in [6.45, 7) is 4.08. The van der Waals surface area contributed by atoms with Crippen LogP contribution in [0.25, 0.3) is 0 Å². The van der Waals surface area contributed by atoms with Crippen LogP contribution in [0.2, 0.25) is 0 Å². The number of hydrogen-bond donors (Lipinski definition) is 0. The van der Waals surface area contributed by atoms with Crippen LogP contribution in [0.5, 0.6) is 0 Å². The second-order valence-electron chi connectivity index (χ2n) is 4.68. The zero-order chi connectivity index (χ0) is 11.3. The molecule has 0 aliphatic carbocycles. The maximum absolute atomic E-state index is 10.6. The molecule has 4 heteroatoms. The van der Waals surface area contributed by atoms with Crippen molar-refractivity contribution in [2.45, 2.75) is 18.9 Å². The second kappa shape index (κ2) is 6.08. The monoisotopic (exact) mass is 213 g/mol. The smallest absolute Gasteiger partial charge is 0.209 e. The van der Waals surface area contributed by atoms with Gasteiger partial charge >= 0.3 is 0 Å². The van der Waals surface area contributed by atoms with Crippen LogP contribution >= 0.6 is 0 Å². The van der Waals surface area contributed by atoms with Crippen molar-refractivity contribution in [2.75, 3.05) is 47.3 Å². The van der Waals surface area contributed by atoms with Gasteiger partial charge < -0.3 is 14.7 Å². The van der Waals surface area contributed by atoms with Gasteiger partial charge in [-0.1, -0.05) is 0 Å². The average molecular weight is 213 g/mol. The normalized spacial score (nSPS) is 21.7. The molecule has 1 rings (SSSR count). The molecule has 0 spiro atoms. The predicted octanol–water partition coefficient (Wildman–Crippen LogP) is 0.101. The van der Waals surface area contributed by atoms with Crippen LogP contribution in [0.4, 0.5) is 0 Å². The molecule has 0 saturated carbocycles. The lowest BCUT2D eigenvalue weighted by molar-refractivity contribution is -0.117. The Morgan fingerprint density at radius 3 is 2.60 bits per heavy atom. The van der Waals surface area contributed by atoms with Crippen LogP contribution < -0.4 is 0 Å². The molecule has 0 N–H and O–H groups in total. The van der Waals surface area contributed by atoms with E-state index in [0.29, 0.717) is 6.04 Å². The lowest BCUT2D eigenvalue weighted by Gasteiger charge is -2.24. The summed E-state index contributed by atoms with van der Waals surface area (Å²) in [6, 6.07) is 0.567. The molecule has 0 aromatic heterocycles. The van der Waals surface area contributed by atoms with Gasteiger partial charge in [0.25, 0.3) is 0 Å². The van der Waals surface area contributed by atoms with Gasteiger partial charge in [-0.25, -0.2) is 0 Å². The van der Waals surface area contributed by atoms with Crippen molar-refractivity contribution in [2.24, 2.45) is 0 Å². The molecule has 1 atom stereocenters. The number of rotatable bonds is 6. The lowest BCUT2D eigenvalue weighted by Crippen LogP contribution is -2.35. The maximum Gasteiger partial charge on any atom is 0.209 e.